The molecular weight excluding hydrogens is 417 g/mol. The lowest BCUT2D eigenvalue weighted by molar-refractivity contribution is 0.0991. The Labute approximate surface area is 161 Å². The third kappa shape index (κ3) is 4.83. The van der Waals surface area contributed by atoms with Crippen LogP contribution in [0.15, 0.2) is 35.3 Å². The van der Waals surface area contributed by atoms with Crippen LogP contribution in [-0.2, 0) is 9.47 Å². The molecule has 2 bridgehead atoms. The standard InChI is InChI=1S/C18H27N3O2.HI/c1-3-19-18(21-15-11-14-9-10-16(15)23-14)20-12-17(22-2)13-7-5-4-6-8-13;/h4-8,14-17H,3,9-12H2,1-2H3,(H2,19,20,21);1H. The van der Waals surface area contributed by atoms with E-state index in [0.717, 1.165) is 30.9 Å². The number of fused-ring (bicyclic) bond motifs is 2. The van der Waals surface area contributed by atoms with Crippen LogP contribution in [-0.4, -0.2) is 44.4 Å². The average Bonchev–Trinajstić information content (AvgIpc) is 3.19. The van der Waals surface area contributed by atoms with E-state index in [4.69, 9.17) is 14.5 Å². The second kappa shape index (κ2) is 9.58. The third-order valence-electron chi connectivity index (χ3n) is 4.64. The molecule has 0 saturated carbocycles. The van der Waals surface area contributed by atoms with Crippen LogP contribution in [0.1, 0.15) is 37.9 Å². The number of rotatable bonds is 6. The van der Waals surface area contributed by atoms with Gasteiger partial charge in [0, 0.05) is 13.7 Å². The van der Waals surface area contributed by atoms with Gasteiger partial charge in [0.25, 0.3) is 0 Å². The van der Waals surface area contributed by atoms with Crippen LogP contribution in [0.25, 0.3) is 0 Å². The van der Waals surface area contributed by atoms with Crippen LogP contribution in [0.3, 0.4) is 0 Å². The molecule has 0 aromatic heterocycles. The van der Waals surface area contributed by atoms with E-state index in [1.165, 1.54) is 6.42 Å². The molecule has 2 aliphatic heterocycles. The number of nitrogens with one attached hydrogen (secondary N) is 2. The Balaban J connectivity index is 0.00000208. The fraction of sp³-hybridized carbons (Fsp3) is 0.611. The van der Waals surface area contributed by atoms with Crippen molar-refractivity contribution in [3.8, 4) is 0 Å². The van der Waals surface area contributed by atoms with Gasteiger partial charge in [0.05, 0.1) is 24.8 Å². The first kappa shape index (κ1) is 19.5. The van der Waals surface area contributed by atoms with Gasteiger partial charge < -0.3 is 20.1 Å². The number of guanidine groups is 1. The minimum absolute atomic E-state index is 0. The molecule has 6 heteroatoms. The van der Waals surface area contributed by atoms with Crippen molar-refractivity contribution < 1.29 is 9.47 Å². The van der Waals surface area contributed by atoms with Crippen molar-refractivity contribution in [3.05, 3.63) is 35.9 Å². The van der Waals surface area contributed by atoms with Crippen molar-refractivity contribution >= 4 is 29.9 Å². The number of aliphatic imine (C=N–C) groups is 1. The number of nitrogens with zero attached hydrogens (tertiary/aromatic N) is 1. The van der Waals surface area contributed by atoms with Gasteiger partial charge in [-0.1, -0.05) is 30.3 Å². The van der Waals surface area contributed by atoms with E-state index >= 15 is 0 Å². The maximum absolute atomic E-state index is 5.91. The SMILES string of the molecule is CCNC(=NCC(OC)c1ccccc1)NC1CC2CCC1O2.I. The van der Waals surface area contributed by atoms with Crippen molar-refractivity contribution in [1.29, 1.82) is 0 Å². The summed E-state index contributed by atoms with van der Waals surface area (Å²) in [6.45, 7) is 3.52. The monoisotopic (exact) mass is 445 g/mol. The number of hydrogen-bond acceptors (Lipinski definition) is 3. The molecule has 5 nitrogen and oxygen atoms in total. The molecule has 2 fully saturated rings. The van der Waals surface area contributed by atoms with Gasteiger partial charge in [0.15, 0.2) is 5.96 Å². The van der Waals surface area contributed by atoms with Gasteiger partial charge in [-0.2, -0.15) is 0 Å². The van der Waals surface area contributed by atoms with Crippen molar-refractivity contribution in [1.82, 2.24) is 10.6 Å². The van der Waals surface area contributed by atoms with E-state index in [2.05, 4.69) is 29.7 Å². The molecule has 2 N–H and O–H groups in total. The first-order valence-electron chi connectivity index (χ1n) is 8.58. The summed E-state index contributed by atoms with van der Waals surface area (Å²) in [6, 6.07) is 10.6. The summed E-state index contributed by atoms with van der Waals surface area (Å²) in [4.78, 5) is 4.72. The minimum Gasteiger partial charge on any atom is -0.375 e. The predicted octanol–water partition coefficient (Wildman–Crippen LogP) is 2.87. The highest BCUT2D eigenvalue weighted by Gasteiger charge is 2.41. The van der Waals surface area contributed by atoms with Gasteiger partial charge >= 0.3 is 0 Å². The lowest BCUT2D eigenvalue weighted by Crippen LogP contribution is -2.47. The third-order valence-corrected chi connectivity index (χ3v) is 4.64. The van der Waals surface area contributed by atoms with E-state index in [-0.39, 0.29) is 30.1 Å². The summed E-state index contributed by atoms with van der Waals surface area (Å²) >= 11 is 0. The quantitative estimate of drug-likeness (QED) is 0.402. The second-order valence-electron chi connectivity index (χ2n) is 6.22. The van der Waals surface area contributed by atoms with Crippen LogP contribution in [0.4, 0.5) is 0 Å². The van der Waals surface area contributed by atoms with E-state index in [1.807, 2.05) is 18.2 Å². The lowest BCUT2D eigenvalue weighted by Gasteiger charge is -2.23. The summed E-state index contributed by atoms with van der Waals surface area (Å²) in [5, 5.41) is 6.87. The van der Waals surface area contributed by atoms with Gasteiger partial charge in [-0.15, -0.1) is 24.0 Å². The molecule has 4 unspecified atom stereocenters. The molecule has 0 aliphatic carbocycles. The lowest BCUT2D eigenvalue weighted by atomic mass is 9.96. The van der Waals surface area contributed by atoms with Gasteiger partial charge in [-0.3, -0.25) is 4.99 Å². The van der Waals surface area contributed by atoms with Crippen molar-refractivity contribution in [3.63, 3.8) is 0 Å². The Hall–Kier alpha value is -0.860. The highest BCUT2D eigenvalue weighted by molar-refractivity contribution is 14.0. The Morgan fingerprint density at radius 1 is 1.33 bits per heavy atom. The van der Waals surface area contributed by atoms with Crippen LogP contribution in [0.2, 0.25) is 0 Å². The smallest absolute Gasteiger partial charge is 0.191 e. The van der Waals surface area contributed by atoms with Crippen LogP contribution in [0, 0.1) is 0 Å². The zero-order valence-corrected chi connectivity index (χ0v) is 16.7. The van der Waals surface area contributed by atoms with Crippen LogP contribution >= 0.6 is 24.0 Å². The molecule has 2 saturated heterocycles. The number of benzene rings is 1. The molecule has 0 spiro atoms. The van der Waals surface area contributed by atoms with Gasteiger partial charge in [-0.25, -0.2) is 0 Å². The Morgan fingerprint density at radius 2 is 2.12 bits per heavy atom. The topological polar surface area (TPSA) is 54.9 Å². The largest absolute Gasteiger partial charge is 0.375 e. The Bertz CT molecular complexity index is 526. The molecule has 1 aromatic rings. The highest BCUT2D eigenvalue weighted by Crippen LogP contribution is 2.34. The van der Waals surface area contributed by atoms with Crippen molar-refractivity contribution in [2.75, 3.05) is 20.2 Å². The normalized spacial score (nSPS) is 26.8. The highest BCUT2D eigenvalue weighted by atomic mass is 127. The number of halogens is 1. The summed E-state index contributed by atoms with van der Waals surface area (Å²) in [5.74, 6) is 0.853. The zero-order chi connectivity index (χ0) is 16.1. The van der Waals surface area contributed by atoms with Gasteiger partial charge in [0.1, 0.15) is 6.10 Å². The van der Waals surface area contributed by atoms with E-state index in [1.54, 1.807) is 7.11 Å². The van der Waals surface area contributed by atoms with Gasteiger partial charge in [0.2, 0.25) is 0 Å². The fourth-order valence-electron chi connectivity index (χ4n) is 3.44. The molecule has 4 atom stereocenters. The minimum atomic E-state index is -0.0251. The van der Waals surface area contributed by atoms with E-state index in [9.17, 15) is 0 Å². The van der Waals surface area contributed by atoms with E-state index in [0.29, 0.717) is 24.8 Å². The Kier molecular flexibility index (Phi) is 7.77. The second-order valence-corrected chi connectivity index (χ2v) is 6.22. The average molecular weight is 445 g/mol. The summed E-state index contributed by atoms with van der Waals surface area (Å²) in [7, 11) is 1.73. The summed E-state index contributed by atoms with van der Waals surface area (Å²) in [5.41, 5.74) is 1.15. The summed E-state index contributed by atoms with van der Waals surface area (Å²) in [6.07, 6.45) is 4.21. The maximum Gasteiger partial charge on any atom is 0.191 e. The van der Waals surface area contributed by atoms with Crippen LogP contribution < -0.4 is 10.6 Å². The first-order valence-corrected chi connectivity index (χ1v) is 8.58. The number of methoxy groups -OCH3 is 1. The number of ether oxygens (including phenoxy) is 2. The molecule has 0 radical (unpaired) electrons. The predicted molar refractivity (Wildman–Crippen MR) is 107 cm³/mol. The van der Waals surface area contributed by atoms with Crippen molar-refractivity contribution in [2.45, 2.75) is 50.5 Å². The molecule has 3 rings (SSSR count). The van der Waals surface area contributed by atoms with E-state index < -0.39 is 0 Å². The molecule has 2 heterocycles. The molecule has 24 heavy (non-hydrogen) atoms. The van der Waals surface area contributed by atoms with Crippen molar-refractivity contribution in [2.24, 2.45) is 4.99 Å². The summed E-state index contributed by atoms with van der Waals surface area (Å²) < 4.78 is 11.5. The maximum atomic E-state index is 5.91. The first-order chi connectivity index (χ1) is 11.3. The zero-order valence-electron chi connectivity index (χ0n) is 14.4. The molecule has 1 aromatic carbocycles. The number of hydrogen-bond donors (Lipinski definition) is 2. The fourth-order valence-corrected chi connectivity index (χ4v) is 3.44. The molecule has 2 aliphatic rings. The Morgan fingerprint density at radius 3 is 2.71 bits per heavy atom. The van der Waals surface area contributed by atoms with Gasteiger partial charge in [-0.05, 0) is 31.7 Å². The molecule has 0 amide bonds. The van der Waals surface area contributed by atoms with Crippen LogP contribution in [0.5, 0.6) is 0 Å². The molecular formula is C18H28IN3O2. The molecule has 134 valence electrons.